The SMILES string of the molecule is C=CC=C.Cc1ccc(C[C@@H](NC(=O)CCc2ccccc2CN)C(=O)N2CCC(Cn3cncn3)(c3ccccc3)CC2)cc1. The van der Waals surface area contributed by atoms with E-state index in [0.29, 0.717) is 45.4 Å². The molecule has 0 unspecified atom stereocenters. The first-order chi connectivity index (χ1) is 22.4. The third-order valence-corrected chi connectivity index (χ3v) is 8.67. The van der Waals surface area contributed by atoms with Gasteiger partial charge in [0.2, 0.25) is 11.8 Å². The van der Waals surface area contributed by atoms with Crippen molar-refractivity contribution >= 4 is 11.8 Å². The van der Waals surface area contributed by atoms with E-state index in [0.717, 1.165) is 35.1 Å². The number of aryl methyl sites for hydroxylation is 2. The molecule has 1 saturated heterocycles. The smallest absolute Gasteiger partial charge is 0.245 e. The van der Waals surface area contributed by atoms with Crippen molar-refractivity contribution in [1.29, 1.82) is 0 Å². The van der Waals surface area contributed by atoms with Crippen LogP contribution in [-0.2, 0) is 40.9 Å². The van der Waals surface area contributed by atoms with Crippen LogP contribution >= 0.6 is 0 Å². The number of benzene rings is 3. The van der Waals surface area contributed by atoms with Crippen molar-refractivity contribution < 1.29 is 9.59 Å². The predicted octanol–water partition coefficient (Wildman–Crippen LogP) is 5.32. The van der Waals surface area contributed by atoms with E-state index in [9.17, 15) is 9.59 Å². The van der Waals surface area contributed by atoms with E-state index in [-0.39, 0.29) is 17.2 Å². The zero-order valence-corrected chi connectivity index (χ0v) is 26.9. The van der Waals surface area contributed by atoms with E-state index >= 15 is 0 Å². The molecule has 1 atom stereocenters. The summed E-state index contributed by atoms with van der Waals surface area (Å²) in [4.78, 5) is 33.3. The fourth-order valence-electron chi connectivity index (χ4n) is 6.00. The summed E-state index contributed by atoms with van der Waals surface area (Å²) >= 11 is 0. The Morgan fingerprint density at radius 2 is 1.61 bits per heavy atom. The van der Waals surface area contributed by atoms with E-state index in [2.05, 4.69) is 52.8 Å². The molecule has 0 spiro atoms. The fourth-order valence-corrected chi connectivity index (χ4v) is 6.00. The summed E-state index contributed by atoms with van der Waals surface area (Å²) in [5.41, 5.74) is 11.3. The maximum absolute atomic E-state index is 14.0. The Balaban J connectivity index is 0.00000113. The Labute approximate surface area is 273 Å². The number of hydrogen-bond acceptors (Lipinski definition) is 5. The maximum Gasteiger partial charge on any atom is 0.245 e. The van der Waals surface area contributed by atoms with Gasteiger partial charge in [-0.25, -0.2) is 4.98 Å². The summed E-state index contributed by atoms with van der Waals surface area (Å²) in [5.74, 6) is -0.164. The van der Waals surface area contributed by atoms with Crippen LogP contribution in [0.1, 0.15) is 47.1 Å². The molecule has 2 amide bonds. The van der Waals surface area contributed by atoms with Gasteiger partial charge in [-0.3, -0.25) is 14.3 Å². The number of nitrogens with one attached hydrogen (secondary N) is 1. The van der Waals surface area contributed by atoms with Gasteiger partial charge in [-0.1, -0.05) is 110 Å². The van der Waals surface area contributed by atoms with E-state index in [1.54, 1.807) is 24.8 Å². The van der Waals surface area contributed by atoms with Crippen LogP contribution in [0.25, 0.3) is 0 Å². The second kappa shape index (κ2) is 17.0. The molecule has 0 bridgehead atoms. The van der Waals surface area contributed by atoms with Gasteiger partial charge in [0.05, 0.1) is 6.54 Å². The highest BCUT2D eigenvalue weighted by Crippen LogP contribution is 2.37. The molecular formula is C38H46N6O2. The number of carbonyl (C=O) groups excluding carboxylic acids is 2. The second-order valence-corrected chi connectivity index (χ2v) is 11.8. The van der Waals surface area contributed by atoms with Crippen molar-refractivity contribution in [3.8, 4) is 0 Å². The minimum Gasteiger partial charge on any atom is -0.344 e. The topological polar surface area (TPSA) is 106 Å². The van der Waals surface area contributed by atoms with Gasteiger partial charge in [0.1, 0.15) is 18.7 Å². The van der Waals surface area contributed by atoms with Gasteiger partial charge < -0.3 is 16.0 Å². The van der Waals surface area contributed by atoms with Crippen molar-refractivity contribution in [1.82, 2.24) is 25.0 Å². The second-order valence-electron chi connectivity index (χ2n) is 11.8. The van der Waals surface area contributed by atoms with Crippen LogP contribution in [0.5, 0.6) is 0 Å². The largest absolute Gasteiger partial charge is 0.344 e. The van der Waals surface area contributed by atoms with E-state index in [1.807, 2.05) is 71.1 Å². The first kappa shape index (κ1) is 34.1. The molecule has 1 fully saturated rings. The lowest BCUT2D eigenvalue weighted by molar-refractivity contribution is -0.138. The van der Waals surface area contributed by atoms with Gasteiger partial charge in [-0.2, -0.15) is 5.10 Å². The lowest BCUT2D eigenvalue weighted by Gasteiger charge is -2.43. The minimum absolute atomic E-state index is 0.0336. The third-order valence-electron chi connectivity index (χ3n) is 8.67. The normalized spacial score (nSPS) is 14.3. The molecule has 1 aliphatic rings. The number of allylic oxidation sites excluding steroid dienone is 2. The standard InChI is InChI=1S/C34H40N6O2.C4H6/c1-26-11-13-27(14-12-26)21-31(38-32(41)16-15-28-7-5-6-8-29(28)22-35)33(42)39-19-17-34(18-20-39,23-40-25-36-24-37-40)30-9-3-2-4-10-30;1-3-4-2/h2-14,24-25,31H,15-23,35H2,1H3,(H,38,41);3-4H,1-2H2/t31-;/m1./s1. The highest BCUT2D eigenvalue weighted by atomic mass is 16.2. The predicted molar refractivity (Wildman–Crippen MR) is 184 cm³/mol. The molecule has 8 nitrogen and oxygen atoms in total. The fraction of sp³-hybridized carbons (Fsp3) is 0.316. The molecule has 0 radical (unpaired) electrons. The molecule has 240 valence electrons. The molecular weight excluding hydrogens is 572 g/mol. The average molecular weight is 619 g/mol. The van der Waals surface area contributed by atoms with Crippen LogP contribution in [0.15, 0.2) is 117 Å². The highest BCUT2D eigenvalue weighted by Gasteiger charge is 2.39. The molecule has 1 aromatic heterocycles. The number of hydrogen-bond donors (Lipinski definition) is 2. The number of nitrogens with zero attached hydrogens (tertiary/aromatic N) is 4. The van der Waals surface area contributed by atoms with Crippen LogP contribution < -0.4 is 11.1 Å². The number of carbonyl (C=O) groups is 2. The van der Waals surface area contributed by atoms with Crippen molar-refractivity contribution in [2.75, 3.05) is 13.1 Å². The molecule has 1 aliphatic heterocycles. The lowest BCUT2D eigenvalue weighted by atomic mass is 9.72. The third kappa shape index (κ3) is 9.34. The van der Waals surface area contributed by atoms with E-state index in [1.165, 1.54) is 5.56 Å². The van der Waals surface area contributed by atoms with Crippen molar-refractivity contribution in [2.24, 2.45) is 5.73 Å². The van der Waals surface area contributed by atoms with Gasteiger partial charge in [-0.05, 0) is 48.4 Å². The quantitative estimate of drug-likeness (QED) is 0.209. The Morgan fingerprint density at radius 3 is 2.22 bits per heavy atom. The highest BCUT2D eigenvalue weighted by molar-refractivity contribution is 5.88. The van der Waals surface area contributed by atoms with Crippen LogP contribution in [0.4, 0.5) is 0 Å². The zero-order valence-electron chi connectivity index (χ0n) is 26.9. The number of nitrogens with two attached hydrogens (primary N) is 1. The number of aromatic nitrogens is 3. The van der Waals surface area contributed by atoms with Gasteiger partial charge in [0.15, 0.2) is 0 Å². The number of likely N-dealkylation sites (tertiary alicyclic amines) is 1. The molecule has 3 N–H and O–H groups in total. The van der Waals surface area contributed by atoms with E-state index in [4.69, 9.17) is 5.73 Å². The molecule has 0 aliphatic carbocycles. The monoisotopic (exact) mass is 618 g/mol. The molecule has 4 aromatic rings. The number of rotatable bonds is 12. The van der Waals surface area contributed by atoms with Crippen LogP contribution in [0, 0.1) is 6.92 Å². The Morgan fingerprint density at radius 1 is 0.957 bits per heavy atom. The summed E-state index contributed by atoms with van der Waals surface area (Å²) in [6, 6.07) is 25.9. The molecule has 46 heavy (non-hydrogen) atoms. The lowest BCUT2D eigenvalue weighted by Crippen LogP contribution is -2.54. The van der Waals surface area contributed by atoms with Crippen molar-refractivity contribution in [2.45, 2.75) is 63.6 Å². The minimum atomic E-state index is -0.635. The van der Waals surface area contributed by atoms with Crippen molar-refractivity contribution in [3.05, 3.63) is 145 Å². The zero-order chi connectivity index (χ0) is 32.8. The molecule has 2 heterocycles. The molecule has 8 heteroatoms. The summed E-state index contributed by atoms with van der Waals surface area (Å²) in [6.07, 6.45) is 9.50. The maximum atomic E-state index is 14.0. The number of piperidine rings is 1. The molecule has 0 saturated carbocycles. The first-order valence-electron chi connectivity index (χ1n) is 15.9. The van der Waals surface area contributed by atoms with E-state index < -0.39 is 6.04 Å². The van der Waals surface area contributed by atoms with Crippen LogP contribution in [-0.4, -0.2) is 50.6 Å². The molecule has 5 rings (SSSR count). The van der Waals surface area contributed by atoms with Gasteiger partial charge in [0.25, 0.3) is 0 Å². The Kier molecular flexibility index (Phi) is 12.6. The summed E-state index contributed by atoms with van der Waals surface area (Å²) in [6.45, 7) is 11.1. The van der Waals surface area contributed by atoms with Crippen LogP contribution in [0.3, 0.4) is 0 Å². The molecule has 3 aromatic carbocycles. The summed E-state index contributed by atoms with van der Waals surface area (Å²) in [5, 5.41) is 7.46. The Bertz CT molecular complexity index is 1540. The van der Waals surface area contributed by atoms with Gasteiger partial charge in [-0.15, -0.1) is 0 Å². The summed E-state index contributed by atoms with van der Waals surface area (Å²) < 4.78 is 1.88. The first-order valence-corrected chi connectivity index (χ1v) is 15.9. The van der Waals surface area contributed by atoms with Gasteiger partial charge in [0, 0.05) is 37.9 Å². The van der Waals surface area contributed by atoms with Crippen molar-refractivity contribution in [3.63, 3.8) is 0 Å². The Hall–Kier alpha value is -4.82. The average Bonchev–Trinajstić information content (AvgIpc) is 3.61. The number of amides is 2. The van der Waals surface area contributed by atoms with Gasteiger partial charge >= 0.3 is 0 Å². The summed E-state index contributed by atoms with van der Waals surface area (Å²) in [7, 11) is 0. The van der Waals surface area contributed by atoms with Crippen LogP contribution in [0.2, 0.25) is 0 Å².